The van der Waals surface area contributed by atoms with Gasteiger partial charge in [-0.1, -0.05) is 0 Å². The normalized spacial score (nSPS) is 13.4. The molecule has 16 heteroatoms. The minimum absolute atomic E-state index is 0.0402. The van der Waals surface area contributed by atoms with E-state index in [4.69, 9.17) is 0 Å². The van der Waals surface area contributed by atoms with E-state index in [0.717, 1.165) is 0 Å². The molecule has 0 aliphatic carbocycles. The molecule has 16 nitrogen and oxygen atoms in total. The van der Waals surface area contributed by atoms with Crippen molar-refractivity contribution in [3.05, 3.63) is 70.8 Å². The minimum Gasteiger partial charge on any atom is -0.504 e. The Morgan fingerprint density at radius 2 is 0.500 bits per heavy atom. The molecule has 0 bridgehead atoms. The lowest BCUT2D eigenvalue weighted by Crippen LogP contribution is -2.23. The number of hydrogen-bond acceptors (Lipinski definition) is 16. The lowest BCUT2D eigenvalue weighted by Gasteiger charge is -2.26. The second-order valence-electron chi connectivity index (χ2n) is 13.9. The summed E-state index contributed by atoms with van der Waals surface area (Å²) in [6.07, 6.45) is 3.30. The monoisotopic (exact) mass is 788 g/mol. The zero-order valence-corrected chi connectivity index (χ0v) is 30.6. The van der Waals surface area contributed by atoms with Crippen molar-refractivity contribution in [1.82, 2.24) is 0 Å². The average molecular weight is 789 g/mol. The number of hydrogen-bond donors (Lipinski definition) is 16. The van der Waals surface area contributed by atoms with Crippen LogP contribution in [0.4, 0.5) is 0 Å². The van der Waals surface area contributed by atoms with Gasteiger partial charge in [-0.3, -0.25) is 0 Å². The van der Waals surface area contributed by atoms with Gasteiger partial charge in [0.25, 0.3) is 0 Å². The van der Waals surface area contributed by atoms with E-state index < -0.39 is 69.0 Å². The molecule has 0 fully saturated rings. The molecule has 0 heterocycles. The Morgan fingerprint density at radius 3 is 0.679 bits per heavy atom. The smallest absolute Gasteiger partial charge is 0.200 e. The number of rotatable bonds is 18. The Morgan fingerprint density at radius 1 is 0.304 bits per heavy atom. The van der Waals surface area contributed by atoms with Crippen molar-refractivity contribution in [2.75, 3.05) is 26.4 Å². The van der Waals surface area contributed by atoms with Gasteiger partial charge in [-0.2, -0.15) is 0 Å². The molecular formula is C40H52O16. The highest BCUT2D eigenvalue weighted by Crippen LogP contribution is 2.41. The van der Waals surface area contributed by atoms with E-state index >= 15 is 0 Å². The molecule has 0 aromatic heterocycles. The minimum atomic E-state index is -0.615. The molecule has 0 spiro atoms. The van der Waals surface area contributed by atoms with Crippen LogP contribution in [0.3, 0.4) is 0 Å². The quantitative estimate of drug-likeness (QED) is 0.0642. The standard InChI is InChI=1S/2C20H26O8/c2*21-3-1-2-13(4-11-6-15(23)19(27)16(24)7-11)14(10-22)5-12-8-17(25)20(28)18(26)9-12/h2*6-9,13-14,21-28H,1-5,10H2/t2*13-,14+/m10/s1. The van der Waals surface area contributed by atoms with Gasteiger partial charge in [-0.15, -0.1) is 0 Å². The Kier molecular flexibility index (Phi) is 16.6. The Bertz CT molecular complexity index is 1650. The molecule has 0 aliphatic heterocycles. The fraction of sp³-hybridized carbons (Fsp3) is 0.400. The molecule has 4 rings (SSSR count). The second kappa shape index (κ2) is 20.8. The maximum atomic E-state index is 9.91. The average Bonchev–Trinajstić information content (AvgIpc) is 3.15. The van der Waals surface area contributed by atoms with Gasteiger partial charge >= 0.3 is 0 Å². The molecule has 308 valence electrons. The molecule has 0 unspecified atom stereocenters. The summed E-state index contributed by atoms with van der Waals surface area (Å²) in [6, 6.07) is 10.5. The molecule has 4 atom stereocenters. The summed E-state index contributed by atoms with van der Waals surface area (Å²) in [4.78, 5) is 0. The molecule has 4 aromatic carbocycles. The first-order chi connectivity index (χ1) is 26.5. The van der Waals surface area contributed by atoms with E-state index in [1.807, 2.05) is 0 Å². The summed E-state index contributed by atoms with van der Waals surface area (Å²) in [5.74, 6) is -7.11. The van der Waals surface area contributed by atoms with Crippen LogP contribution in [0, 0.1) is 23.7 Å². The summed E-state index contributed by atoms with van der Waals surface area (Å²) in [7, 11) is 0. The Balaban J connectivity index is 0.000000300. The van der Waals surface area contributed by atoms with Crippen LogP contribution >= 0.6 is 0 Å². The molecule has 16 N–H and O–H groups in total. The first-order valence-corrected chi connectivity index (χ1v) is 17.9. The van der Waals surface area contributed by atoms with Crippen LogP contribution < -0.4 is 0 Å². The molecule has 0 aliphatic rings. The van der Waals surface area contributed by atoms with Gasteiger partial charge in [-0.25, -0.2) is 0 Å². The van der Waals surface area contributed by atoms with E-state index in [1.54, 1.807) is 0 Å². The third-order valence-electron chi connectivity index (χ3n) is 9.78. The first kappa shape index (κ1) is 44.7. The fourth-order valence-electron chi connectivity index (χ4n) is 6.80. The van der Waals surface area contributed by atoms with Crippen molar-refractivity contribution < 1.29 is 81.7 Å². The van der Waals surface area contributed by atoms with Gasteiger partial charge in [0.1, 0.15) is 0 Å². The third-order valence-corrected chi connectivity index (χ3v) is 9.78. The van der Waals surface area contributed by atoms with Gasteiger partial charge in [0.2, 0.25) is 0 Å². The SMILES string of the molecule is OCCC[C@@H](Cc1cc(O)c(O)c(O)c1)[C@@H](CO)Cc1cc(O)c(O)c(O)c1.OCCC[C@H](Cc1cc(O)c(O)c(O)c1)[C@H](CO)Cc1cc(O)c(O)c(O)c1. The third kappa shape index (κ3) is 12.2. The van der Waals surface area contributed by atoms with Gasteiger partial charge in [0, 0.05) is 26.4 Å². The Hall–Kier alpha value is -5.68. The number of phenolic OH excluding ortho intramolecular Hbond substituents is 12. The summed E-state index contributed by atoms with van der Waals surface area (Å²) in [5, 5.41) is 154. The number of aromatic hydroxyl groups is 12. The highest BCUT2D eigenvalue weighted by Gasteiger charge is 2.25. The summed E-state index contributed by atoms with van der Waals surface area (Å²) in [5.41, 5.74) is 2.12. The van der Waals surface area contributed by atoms with Crippen molar-refractivity contribution in [2.24, 2.45) is 23.7 Å². The molecule has 0 amide bonds. The van der Waals surface area contributed by atoms with E-state index in [0.29, 0.717) is 60.8 Å². The van der Waals surface area contributed by atoms with Crippen LogP contribution in [0.15, 0.2) is 48.5 Å². The first-order valence-electron chi connectivity index (χ1n) is 17.9. The maximum absolute atomic E-state index is 9.91. The van der Waals surface area contributed by atoms with E-state index in [1.165, 1.54) is 48.5 Å². The number of aliphatic hydroxyl groups is 4. The predicted octanol–water partition coefficient (Wildman–Crippen LogP) is 3.41. The van der Waals surface area contributed by atoms with Crippen molar-refractivity contribution in [3.63, 3.8) is 0 Å². The second-order valence-corrected chi connectivity index (χ2v) is 13.9. The zero-order chi connectivity index (χ0) is 41.7. The number of aliphatic hydroxyl groups excluding tert-OH is 4. The molecular weight excluding hydrogens is 736 g/mol. The number of benzene rings is 4. The molecule has 56 heavy (non-hydrogen) atoms. The largest absolute Gasteiger partial charge is 0.504 e. The Labute approximate surface area is 322 Å². The van der Waals surface area contributed by atoms with Crippen LogP contribution in [0.25, 0.3) is 0 Å². The van der Waals surface area contributed by atoms with Gasteiger partial charge < -0.3 is 81.7 Å². The zero-order valence-electron chi connectivity index (χ0n) is 30.6. The number of phenols is 12. The molecule has 0 saturated heterocycles. The van der Waals surface area contributed by atoms with Crippen LogP contribution in [-0.2, 0) is 25.7 Å². The maximum Gasteiger partial charge on any atom is 0.200 e. The van der Waals surface area contributed by atoms with Gasteiger partial charge in [-0.05, 0) is 146 Å². The van der Waals surface area contributed by atoms with Crippen molar-refractivity contribution in [2.45, 2.75) is 51.4 Å². The van der Waals surface area contributed by atoms with Gasteiger partial charge in [0.15, 0.2) is 69.0 Å². The highest BCUT2D eigenvalue weighted by molar-refractivity contribution is 5.53. The topological polar surface area (TPSA) is 324 Å². The van der Waals surface area contributed by atoms with E-state index in [9.17, 15) is 81.7 Å². The molecule has 4 aromatic rings. The van der Waals surface area contributed by atoms with E-state index in [-0.39, 0.29) is 62.9 Å². The predicted molar refractivity (Wildman–Crippen MR) is 201 cm³/mol. The van der Waals surface area contributed by atoms with Crippen LogP contribution in [-0.4, -0.2) is 108 Å². The van der Waals surface area contributed by atoms with E-state index in [2.05, 4.69) is 0 Å². The molecule has 0 radical (unpaired) electrons. The summed E-state index contributed by atoms with van der Waals surface area (Å²) < 4.78 is 0. The van der Waals surface area contributed by atoms with Crippen LogP contribution in [0.5, 0.6) is 69.0 Å². The summed E-state index contributed by atoms with van der Waals surface area (Å²) in [6.45, 7) is -0.508. The van der Waals surface area contributed by atoms with Gasteiger partial charge in [0.05, 0.1) is 0 Å². The van der Waals surface area contributed by atoms with Crippen molar-refractivity contribution in [1.29, 1.82) is 0 Å². The fourth-order valence-corrected chi connectivity index (χ4v) is 6.80. The van der Waals surface area contributed by atoms with Crippen molar-refractivity contribution >= 4 is 0 Å². The summed E-state index contributed by atoms with van der Waals surface area (Å²) >= 11 is 0. The molecule has 0 saturated carbocycles. The van der Waals surface area contributed by atoms with Crippen LogP contribution in [0.1, 0.15) is 47.9 Å². The van der Waals surface area contributed by atoms with Crippen LogP contribution in [0.2, 0.25) is 0 Å². The lowest BCUT2D eigenvalue weighted by atomic mass is 9.80. The lowest BCUT2D eigenvalue weighted by molar-refractivity contribution is 0.158. The highest BCUT2D eigenvalue weighted by atomic mass is 16.3. The van der Waals surface area contributed by atoms with Crippen molar-refractivity contribution in [3.8, 4) is 69.0 Å².